The zero-order valence-electron chi connectivity index (χ0n) is 10.0. The molecule has 0 amide bonds. The van der Waals surface area contributed by atoms with Crippen molar-refractivity contribution in [1.29, 1.82) is 0 Å². The molecule has 0 fully saturated rings. The summed E-state index contributed by atoms with van der Waals surface area (Å²) in [6, 6.07) is 19.9. The molecule has 0 unspecified atom stereocenters. The predicted octanol–water partition coefficient (Wildman–Crippen LogP) is 5.89. The van der Waals surface area contributed by atoms with E-state index in [0.29, 0.717) is 10.0 Å². The van der Waals surface area contributed by atoms with Crippen LogP contribution in [0.4, 0.5) is 11.4 Å². The second-order valence-corrected chi connectivity index (χ2v) is 5.22. The topological polar surface area (TPSA) is 12.0 Å². The molecule has 1 nitrogen and oxygen atoms in total. The highest BCUT2D eigenvalue weighted by molar-refractivity contribution is 6.35. The van der Waals surface area contributed by atoms with Crippen molar-refractivity contribution in [2.24, 2.45) is 0 Å². The Labute approximate surface area is 121 Å². The van der Waals surface area contributed by atoms with Crippen molar-refractivity contribution >= 4 is 45.3 Å². The number of hydrogen-bond donors (Lipinski definition) is 1. The fourth-order valence-corrected chi connectivity index (χ4v) is 2.59. The number of nitrogens with one attached hydrogen (secondary N) is 1. The van der Waals surface area contributed by atoms with Crippen LogP contribution in [0.3, 0.4) is 0 Å². The average Bonchev–Trinajstić information content (AvgIpc) is 2.37. The van der Waals surface area contributed by atoms with E-state index in [2.05, 4.69) is 29.6 Å². The zero-order valence-corrected chi connectivity index (χ0v) is 11.5. The molecular weight excluding hydrogens is 277 g/mol. The molecule has 0 atom stereocenters. The van der Waals surface area contributed by atoms with E-state index in [-0.39, 0.29) is 0 Å². The first-order valence-corrected chi connectivity index (χ1v) is 6.68. The van der Waals surface area contributed by atoms with Gasteiger partial charge in [0.25, 0.3) is 0 Å². The number of anilines is 2. The van der Waals surface area contributed by atoms with E-state index in [1.54, 1.807) is 6.07 Å². The van der Waals surface area contributed by atoms with E-state index >= 15 is 0 Å². The van der Waals surface area contributed by atoms with Gasteiger partial charge in [0.15, 0.2) is 0 Å². The quantitative estimate of drug-likeness (QED) is 0.620. The molecule has 3 aromatic rings. The summed E-state index contributed by atoms with van der Waals surface area (Å²) in [7, 11) is 0. The highest BCUT2D eigenvalue weighted by atomic mass is 35.5. The Morgan fingerprint density at radius 1 is 0.632 bits per heavy atom. The van der Waals surface area contributed by atoms with Gasteiger partial charge in [-0.25, -0.2) is 0 Å². The molecule has 0 saturated carbocycles. The number of fused-ring (bicyclic) bond motifs is 1. The molecule has 0 spiro atoms. The minimum absolute atomic E-state index is 0.621. The summed E-state index contributed by atoms with van der Waals surface area (Å²) < 4.78 is 0. The molecule has 0 aliphatic rings. The van der Waals surface area contributed by atoms with Gasteiger partial charge in [0.1, 0.15) is 0 Å². The maximum atomic E-state index is 5.99. The van der Waals surface area contributed by atoms with Gasteiger partial charge in [-0.05, 0) is 41.1 Å². The lowest BCUT2D eigenvalue weighted by Crippen LogP contribution is -1.90. The third-order valence-electron chi connectivity index (χ3n) is 2.90. The highest BCUT2D eigenvalue weighted by Gasteiger charge is 2.00. The Morgan fingerprint density at radius 2 is 1.32 bits per heavy atom. The van der Waals surface area contributed by atoms with E-state index in [1.807, 2.05) is 30.3 Å². The van der Waals surface area contributed by atoms with Crippen molar-refractivity contribution in [3.8, 4) is 0 Å². The standard InChI is InChI=1S/C16H11Cl2N/c17-13-8-14(18)10-16(9-13)19-15-6-5-11-3-1-2-4-12(11)7-15/h1-10,19H. The molecule has 0 saturated heterocycles. The molecule has 1 N–H and O–H groups in total. The molecule has 3 rings (SSSR count). The van der Waals surface area contributed by atoms with Crippen molar-refractivity contribution in [2.75, 3.05) is 5.32 Å². The number of halogens is 2. The molecule has 3 heteroatoms. The van der Waals surface area contributed by atoms with Gasteiger partial charge < -0.3 is 5.32 Å². The van der Waals surface area contributed by atoms with Crippen LogP contribution >= 0.6 is 23.2 Å². The Balaban J connectivity index is 1.96. The number of benzene rings is 3. The maximum absolute atomic E-state index is 5.99. The lowest BCUT2D eigenvalue weighted by atomic mass is 10.1. The summed E-state index contributed by atoms with van der Waals surface area (Å²) in [4.78, 5) is 0. The zero-order chi connectivity index (χ0) is 13.2. The minimum Gasteiger partial charge on any atom is -0.355 e. The summed E-state index contributed by atoms with van der Waals surface area (Å²) in [5.41, 5.74) is 1.89. The van der Waals surface area contributed by atoms with Gasteiger partial charge in [0.2, 0.25) is 0 Å². The second-order valence-electron chi connectivity index (χ2n) is 4.35. The van der Waals surface area contributed by atoms with Crippen LogP contribution in [0, 0.1) is 0 Å². The van der Waals surface area contributed by atoms with Gasteiger partial charge in [-0.15, -0.1) is 0 Å². The normalized spacial score (nSPS) is 10.6. The molecule has 19 heavy (non-hydrogen) atoms. The lowest BCUT2D eigenvalue weighted by molar-refractivity contribution is 1.57. The van der Waals surface area contributed by atoms with Crippen LogP contribution in [0.25, 0.3) is 10.8 Å². The van der Waals surface area contributed by atoms with Crippen LogP contribution in [0.15, 0.2) is 60.7 Å². The van der Waals surface area contributed by atoms with E-state index in [1.165, 1.54) is 10.8 Å². The Hall–Kier alpha value is -1.70. The second kappa shape index (κ2) is 5.12. The first-order valence-electron chi connectivity index (χ1n) is 5.93. The van der Waals surface area contributed by atoms with Crippen LogP contribution in [0.5, 0.6) is 0 Å². The van der Waals surface area contributed by atoms with Crippen molar-refractivity contribution in [1.82, 2.24) is 0 Å². The highest BCUT2D eigenvalue weighted by Crippen LogP contribution is 2.26. The lowest BCUT2D eigenvalue weighted by Gasteiger charge is -2.08. The van der Waals surface area contributed by atoms with Gasteiger partial charge in [-0.3, -0.25) is 0 Å². The molecule has 0 aromatic heterocycles. The van der Waals surface area contributed by atoms with Gasteiger partial charge in [0, 0.05) is 21.4 Å². The monoisotopic (exact) mass is 287 g/mol. The minimum atomic E-state index is 0.621. The molecule has 0 aliphatic carbocycles. The third-order valence-corrected chi connectivity index (χ3v) is 3.34. The predicted molar refractivity (Wildman–Crippen MR) is 83.7 cm³/mol. The maximum Gasteiger partial charge on any atom is 0.0441 e. The van der Waals surface area contributed by atoms with Gasteiger partial charge >= 0.3 is 0 Å². The number of rotatable bonds is 2. The molecule has 0 heterocycles. The average molecular weight is 288 g/mol. The van der Waals surface area contributed by atoms with Crippen LogP contribution < -0.4 is 5.32 Å². The summed E-state index contributed by atoms with van der Waals surface area (Å²) in [5, 5.41) is 6.97. The molecular formula is C16H11Cl2N. The summed E-state index contributed by atoms with van der Waals surface area (Å²) in [6.07, 6.45) is 0. The fourth-order valence-electron chi connectivity index (χ4n) is 2.06. The smallest absolute Gasteiger partial charge is 0.0441 e. The Bertz CT molecular complexity index is 717. The van der Waals surface area contributed by atoms with Crippen molar-refractivity contribution in [3.63, 3.8) is 0 Å². The van der Waals surface area contributed by atoms with E-state index in [9.17, 15) is 0 Å². The summed E-state index contributed by atoms with van der Waals surface area (Å²) >= 11 is 12.0. The van der Waals surface area contributed by atoms with E-state index in [0.717, 1.165) is 11.4 Å². The van der Waals surface area contributed by atoms with Crippen molar-refractivity contribution < 1.29 is 0 Å². The van der Waals surface area contributed by atoms with Crippen LogP contribution in [0.1, 0.15) is 0 Å². The Kier molecular flexibility index (Phi) is 3.33. The van der Waals surface area contributed by atoms with E-state index in [4.69, 9.17) is 23.2 Å². The molecule has 0 radical (unpaired) electrons. The Morgan fingerprint density at radius 3 is 2.05 bits per heavy atom. The SMILES string of the molecule is Clc1cc(Cl)cc(Nc2ccc3ccccc3c2)c1. The molecule has 0 aliphatic heterocycles. The molecule has 3 aromatic carbocycles. The van der Waals surface area contributed by atoms with Crippen LogP contribution in [0.2, 0.25) is 10.0 Å². The first-order chi connectivity index (χ1) is 9.20. The van der Waals surface area contributed by atoms with Crippen molar-refractivity contribution in [2.45, 2.75) is 0 Å². The van der Waals surface area contributed by atoms with E-state index < -0.39 is 0 Å². The third kappa shape index (κ3) is 2.83. The first kappa shape index (κ1) is 12.3. The van der Waals surface area contributed by atoms with Crippen LogP contribution in [-0.4, -0.2) is 0 Å². The summed E-state index contributed by atoms with van der Waals surface area (Å²) in [5.74, 6) is 0. The van der Waals surface area contributed by atoms with Gasteiger partial charge in [0.05, 0.1) is 0 Å². The van der Waals surface area contributed by atoms with Crippen LogP contribution in [-0.2, 0) is 0 Å². The fraction of sp³-hybridized carbons (Fsp3) is 0. The molecule has 0 bridgehead atoms. The molecule has 94 valence electrons. The largest absolute Gasteiger partial charge is 0.355 e. The summed E-state index contributed by atoms with van der Waals surface area (Å²) in [6.45, 7) is 0. The number of hydrogen-bond acceptors (Lipinski definition) is 1. The van der Waals surface area contributed by atoms with Crippen molar-refractivity contribution in [3.05, 3.63) is 70.7 Å². The van der Waals surface area contributed by atoms with Gasteiger partial charge in [-0.2, -0.15) is 0 Å². The van der Waals surface area contributed by atoms with Gasteiger partial charge in [-0.1, -0.05) is 53.5 Å².